The lowest BCUT2D eigenvalue weighted by atomic mass is 9.96. The van der Waals surface area contributed by atoms with E-state index in [2.05, 4.69) is 41.7 Å². The lowest BCUT2D eigenvalue weighted by molar-refractivity contribution is -0.121. The second-order valence-corrected chi connectivity index (χ2v) is 7.38. The number of carbonyl (C=O) groups is 1. The molecule has 3 N–H and O–H groups in total. The van der Waals surface area contributed by atoms with Crippen LogP contribution in [-0.4, -0.2) is 18.5 Å². The normalized spacial score (nSPS) is 20.2. The Morgan fingerprint density at radius 2 is 1.96 bits per heavy atom. The summed E-state index contributed by atoms with van der Waals surface area (Å²) >= 11 is 6.01. The molecule has 1 aliphatic rings. The van der Waals surface area contributed by atoms with Crippen LogP contribution < -0.4 is 11.1 Å². The number of nitrogens with two attached hydrogens (primary N) is 1. The van der Waals surface area contributed by atoms with Crippen molar-refractivity contribution in [3.05, 3.63) is 59.1 Å². The van der Waals surface area contributed by atoms with Crippen LogP contribution in [0.2, 0.25) is 5.02 Å². The largest absolute Gasteiger partial charge is 0.369 e. The van der Waals surface area contributed by atoms with Gasteiger partial charge in [-0.25, -0.2) is 0 Å². The van der Waals surface area contributed by atoms with Gasteiger partial charge in [-0.05, 0) is 54.6 Å². The summed E-state index contributed by atoms with van der Waals surface area (Å²) in [5.74, 6) is 0.309. The lowest BCUT2D eigenvalue weighted by Crippen LogP contribution is -2.23. The third-order valence-electron chi connectivity index (χ3n) is 5.01. The second-order valence-electron chi connectivity index (χ2n) is 6.94. The molecule has 1 saturated carbocycles. The molecule has 0 aliphatic heterocycles. The number of nitrogens with one attached hydrogen (secondary N) is 1. The van der Waals surface area contributed by atoms with Crippen molar-refractivity contribution in [3.63, 3.8) is 0 Å². The van der Waals surface area contributed by atoms with Gasteiger partial charge >= 0.3 is 0 Å². The SMILES string of the molecule is CC(CCCN[C@@H]1C[C@H]1c1ccccc1-c1ccc(Cl)cc1)C(N)=O. The standard InChI is InChI=1S/C21H25ClN2O/c1-14(21(23)25)5-4-12-24-20-13-19(20)18-7-3-2-6-17(18)15-8-10-16(22)11-9-15/h2-3,6-11,14,19-20,24H,4-5,12-13H2,1H3,(H2,23,25)/t14?,19-,20+/m0/s1. The van der Waals surface area contributed by atoms with Crippen molar-refractivity contribution < 1.29 is 4.79 Å². The van der Waals surface area contributed by atoms with Gasteiger partial charge < -0.3 is 11.1 Å². The molecular formula is C21H25ClN2O. The van der Waals surface area contributed by atoms with E-state index in [1.165, 1.54) is 16.7 Å². The van der Waals surface area contributed by atoms with Crippen molar-refractivity contribution >= 4 is 17.5 Å². The molecule has 1 fully saturated rings. The van der Waals surface area contributed by atoms with E-state index >= 15 is 0 Å². The van der Waals surface area contributed by atoms with E-state index in [0.29, 0.717) is 12.0 Å². The molecule has 3 rings (SSSR count). The third kappa shape index (κ3) is 4.62. The minimum atomic E-state index is -0.207. The van der Waals surface area contributed by atoms with Crippen LogP contribution >= 0.6 is 11.6 Å². The molecule has 3 nitrogen and oxygen atoms in total. The third-order valence-corrected chi connectivity index (χ3v) is 5.26. The molecule has 2 aromatic rings. The van der Waals surface area contributed by atoms with Crippen LogP contribution in [0.4, 0.5) is 0 Å². The highest BCUT2D eigenvalue weighted by molar-refractivity contribution is 6.30. The smallest absolute Gasteiger partial charge is 0.220 e. The molecule has 1 amide bonds. The summed E-state index contributed by atoms with van der Waals surface area (Å²) in [6.45, 7) is 2.83. The predicted molar refractivity (Wildman–Crippen MR) is 104 cm³/mol. The quantitative estimate of drug-likeness (QED) is 0.691. The minimum absolute atomic E-state index is 0.0394. The number of hydrogen-bond acceptors (Lipinski definition) is 2. The molecule has 1 aliphatic carbocycles. The van der Waals surface area contributed by atoms with E-state index in [4.69, 9.17) is 17.3 Å². The van der Waals surface area contributed by atoms with Gasteiger partial charge in [-0.2, -0.15) is 0 Å². The Morgan fingerprint density at radius 3 is 2.68 bits per heavy atom. The molecule has 1 unspecified atom stereocenters. The maximum atomic E-state index is 11.1. The van der Waals surface area contributed by atoms with E-state index in [1.54, 1.807) is 0 Å². The van der Waals surface area contributed by atoms with E-state index in [0.717, 1.165) is 30.8 Å². The molecular weight excluding hydrogens is 332 g/mol. The summed E-state index contributed by atoms with van der Waals surface area (Å²) in [5, 5.41) is 4.38. The van der Waals surface area contributed by atoms with Gasteiger partial charge in [0.2, 0.25) is 5.91 Å². The molecule has 3 atom stereocenters. The molecule has 4 heteroatoms. The number of primary amides is 1. The Morgan fingerprint density at radius 1 is 1.24 bits per heavy atom. The number of carbonyl (C=O) groups excluding carboxylic acids is 1. The van der Waals surface area contributed by atoms with Gasteiger partial charge in [0.25, 0.3) is 0 Å². The fourth-order valence-corrected chi connectivity index (χ4v) is 3.44. The van der Waals surface area contributed by atoms with Crippen LogP contribution in [0.1, 0.15) is 37.7 Å². The van der Waals surface area contributed by atoms with E-state index in [9.17, 15) is 4.79 Å². The second kappa shape index (κ2) is 8.03. The first kappa shape index (κ1) is 18.0. The van der Waals surface area contributed by atoms with E-state index in [-0.39, 0.29) is 11.8 Å². The fourth-order valence-electron chi connectivity index (χ4n) is 3.31. The van der Waals surface area contributed by atoms with E-state index < -0.39 is 0 Å². The first-order chi connectivity index (χ1) is 12.1. The maximum absolute atomic E-state index is 11.1. The highest BCUT2D eigenvalue weighted by Crippen LogP contribution is 2.44. The maximum Gasteiger partial charge on any atom is 0.220 e. The summed E-state index contributed by atoms with van der Waals surface area (Å²) < 4.78 is 0. The van der Waals surface area contributed by atoms with Gasteiger partial charge in [-0.15, -0.1) is 0 Å². The molecule has 0 heterocycles. The highest BCUT2D eigenvalue weighted by Gasteiger charge is 2.38. The fraction of sp³-hybridized carbons (Fsp3) is 0.381. The zero-order chi connectivity index (χ0) is 17.8. The summed E-state index contributed by atoms with van der Waals surface area (Å²) in [6.07, 6.45) is 2.99. The van der Waals surface area contributed by atoms with Crippen molar-refractivity contribution in [1.82, 2.24) is 5.32 Å². The zero-order valence-electron chi connectivity index (χ0n) is 14.5. The number of hydrogen-bond donors (Lipinski definition) is 2. The minimum Gasteiger partial charge on any atom is -0.369 e. The van der Waals surface area contributed by atoms with E-state index in [1.807, 2.05) is 19.1 Å². The Labute approximate surface area is 154 Å². The Balaban J connectivity index is 1.57. The van der Waals surface area contributed by atoms with Gasteiger partial charge in [0, 0.05) is 22.9 Å². The topological polar surface area (TPSA) is 55.1 Å². The molecule has 25 heavy (non-hydrogen) atoms. The average Bonchev–Trinajstić information content (AvgIpc) is 3.38. The summed E-state index contributed by atoms with van der Waals surface area (Å²) in [5.41, 5.74) is 9.20. The Hall–Kier alpha value is -1.84. The van der Waals surface area contributed by atoms with Crippen molar-refractivity contribution in [2.45, 2.75) is 38.1 Å². The van der Waals surface area contributed by atoms with Gasteiger partial charge in [0.05, 0.1) is 0 Å². The Kier molecular flexibility index (Phi) is 5.77. The van der Waals surface area contributed by atoms with Gasteiger partial charge in [0.15, 0.2) is 0 Å². The molecule has 0 spiro atoms. The van der Waals surface area contributed by atoms with Crippen LogP contribution in [0.5, 0.6) is 0 Å². The average molecular weight is 357 g/mol. The van der Waals surface area contributed by atoms with Crippen molar-refractivity contribution in [2.24, 2.45) is 11.7 Å². The van der Waals surface area contributed by atoms with Crippen LogP contribution in [0.15, 0.2) is 48.5 Å². The van der Waals surface area contributed by atoms with Crippen LogP contribution in [-0.2, 0) is 4.79 Å². The zero-order valence-corrected chi connectivity index (χ0v) is 15.3. The Bertz CT molecular complexity index is 729. The van der Waals surface area contributed by atoms with Crippen LogP contribution in [0.3, 0.4) is 0 Å². The van der Waals surface area contributed by atoms with Crippen LogP contribution in [0.25, 0.3) is 11.1 Å². The summed E-state index contributed by atoms with van der Waals surface area (Å²) in [6, 6.07) is 17.2. The molecule has 0 radical (unpaired) electrons. The number of amides is 1. The lowest BCUT2D eigenvalue weighted by Gasteiger charge is -2.11. The molecule has 2 aromatic carbocycles. The monoisotopic (exact) mass is 356 g/mol. The predicted octanol–water partition coefficient (Wildman–Crippen LogP) is 4.35. The number of benzene rings is 2. The van der Waals surface area contributed by atoms with Crippen molar-refractivity contribution in [2.75, 3.05) is 6.54 Å². The van der Waals surface area contributed by atoms with Crippen molar-refractivity contribution in [1.29, 1.82) is 0 Å². The van der Waals surface area contributed by atoms with Crippen molar-refractivity contribution in [3.8, 4) is 11.1 Å². The summed E-state index contributed by atoms with van der Waals surface area (Å²) in [4.78, 5) is 11.1. The molecule has 0 aromatic heterocycles. The van der Waals surface area contributed by atoms with Gasteiger partial charge in [-0.3, -0.25) is 4.79 Å². The molecule has 0 saturated heterocycles. The van der Waals surface area contributed by atoms with Crippen LogP contribution in [0, 0.1) is 5.92 Å². The van der Waals surface area contributed by atoms with Gasteiger partial charge in [0.1, 0.15) is 0 Å². The summed E-state index contributed by atoms with van der Waals surface area (Å²) in [7, 11) is 0. The van der Waals surface area contributed by atoms with Gasteiger partial charge in [-0.1, -0.05) is 54.9 Å². The first-order valence-corrected chi connectivity index (χ1v) is 9.31. The highest BCUT2D eigenvalue weighted by atomic mass is 35.5. The number of rotatable bonds is 8. The molecule has 0 bridgehead atoms. The number of halogens is 1. The first-order valence-electron chi connectivity index (χ1n) is 8.94. The molecule has 132 valence electrons.